The van der Waals surface area contributed by atoms with Crippen LogP contribution in [0.25, 0.3) is 10.9 Å². The lowest BCUT2D eigenvalue weighted by Crippen LogP contribution is -2.33. The van der Waals surface area contributed by atoms with Gasteiger partial charge in [-0.25, -0.2) is 4.39 Å². The van der Waals surface area contributed by atoms with Crippen LogP contribution in [0.5, 0.6) is 0 Å². The minimum absolute atomic E-state index is 0.178. The number of carbonyl (C=O) groups is 1. The molecule has 1 fully saturated rings. The van der Waals surface area contributed by atoms with Crippen LogP contribution in [0.15, 0.2) is 24.4 Å². The van der Waals surface area contributed by atoms with Crippen LogP contribution in [0.4, 0.5) is 4.39 Å². The third kappa shape index (κ3) is 2.69. The van der Waals surface area contributed by atoms with E-state index in [1.807, 2.05) is 11.1 Å². The predicted octanol–water partition coefficient (Wildman–Crippen LogP) is 3.25. The minimum atomic E-state index is -0.259. The molecule has 3 nitrogen and oxygen atoms in total. The predicted molar refractivity (Wildman–Crippen MR) is 77.0 cm³/mol. The van der Waals surface area contributed by atoms with Crippen LogP contribution < -0.4 is 0 Å². The van der Waals surface area contributed by atoms with E-state index in [-0.39, 0.29) is 11.7 Å². The molecule has 0 spiro atoms. The zero-order chi connectivity index (χ0) is 13.9. The number of benzene rings is 1. The van der Waals surface area contributed by atoms with E-state index in [0.717, 1.165) is 42.4 Å². The molecular weight excluding hydrogens is 255 g/mol. The van der Waals surface area contributed by atoms with Crippen LogP contribution in [-0.4, -0.2) is 28.9 Å². The second kappa shape index (κ2) is 5.65. The highest BCUT2D eigenvalue weighted by molar-refractivity contribution is 5.88. The molecule has 0 saturated carbocycles. The summed E-state index contributed by atoms with van der Waals surface area (Å²) in [5.41, 5.74) is 1.71. The molecule has 20 heavy (non-hydrogen) atoms. The highest BCUT2D eigenvalue weighted by Crippen LogP contribution is 2.21. The molecule has 1 amide bonds. The van der Waals surface area contributed by atoms with E-state index in [4.69, 9.17) is 0 Å². The maximum absolute atomic E-state index is 13.1. The molecule has 2 aromatic rings. The number of rotatable bonds is 2. The lowest BCUT2D eigenvalue weighted by molar-refractivity contribution is -0.130. The van der Waals surface area contributed by atoms with Crippen LogP contribution in [0.3, 0.4) is 0 Å². The molecule has 106 valence electrons. The molecule has 4 heteroatoms. The van der Waals surface area contributed by atoms with E-state index in [1.54, 1.807) is 6.07 Å². The van der Waals surface area contributed by atoms with E-state index in [0.29, 0.717) is 6.42 Å². The summed E-state index contributed by atoms with van der Waals surface area (Å²) in [6.45, 7) is 1.74. The quantitative estimate of drug-likeness (QED) is 0.896. The summed E-state index contributed by atoms with van der Waals surface area (Å²) < 4.78 is 13.1. The van der Waals surface area contributed by atoms with E-state index in [1.165, 1.54) is 25.0 Å². The number of hydrogen-bond acceptors (Lipinski definition) is 1. The Bertz CT molecular complexity index is 612. The Morgan fingerprint density at radius 2 is 1.95 bits per heavy atom. The summed E-state index contributed by atoms with van der Waals surface area (Å²) in [6.07, 6.45) is 6.85. The van der Waals surface area contributed by atoms with Gasteiger partial charge >= 0.3 is 0 Å². The van der Waals surface area contributed by atoms with Crippen molar-refractivity contribution < 1.29 is 9.18 Å². The number of aromatic nitrogens is 1. The van der Waals surface area contributed by atoms with Crippen molar-refractivity contribution in [1.29, 1.82) is 0 Å². The first-order valence-electron chi connectivity index (χ1n) is 7.27. The summed E-state index contributed by atoms with van der Waals surface area (Å²) in [4.78, 5) is 17.4. The Morgan fingerprint density at radius 3 is 2.70 bits per heavy atom. The minimum Gasteiger partial charge on any atom is -0.361 e. The molecule has 1 N–H and O–H groups in total. The van der Waals surface area contributed by atoms with Crippen LogP contribution in [-0.2, 0) is 11.2 Å². The van der Waals surface area contributed by atoms with E-state index in [2.05, 4.69) is 4.98 Å². The highest BCUT2D eigenvalue weighted by Gasteiger charge is 2.17. The lowest BCUT2D eigenvalue weighted by atomic mass is 10.1. The summed E-state index contributed by atoms with van der Waals surface area (Å²) in [5.74, 6) is -0.0816. The van der Waals surface area contributed by atoms with Gasteiger partial charge in [0.25, 0.3) is 0 Å². The Morgan fingerprint density at radius 1 is 1.20 bits per heavy atom. The van der Waals surface area contributed by atoms with Gasteiger partial charge in [-0.2, -0.15) is 0 Å². The van der Waals surface area contributed by atoms with E-state index < -0.39 is 0 Å². The van der Waals surface area contributed by atoms with Gasteiger partial charge < -0.3 is 9.88 Å². The molecule has 3 rings (SSSR count). The van der Waals surface area contributed by atoms with Crippen molar-refractivity contribution >= 4 is 16.8 Å². The number of amides is 1. The standard InChI is InChI=1S/C16H19FN2O/c17-13-5-6-14-12(11-18-15(14)10-13)9-16(20)19-7-3-1-2-4-8-19/h5-6,10-11,18H,1-4,7-9H2. The normalized spacial score (nSPS) is 16.4. The number of hydrogen-bond donors (Lipinski definition) is 1. The van der Waals surface area contributed by atoms with Crippen molar-refractivity contribution in [1.82, 2.24) is 9.88 Å². The van der Waals surface area contributed by atoms with Gasteiger partial charge in [0, 0.05) is 30.2 Å². The molecule has 0 unspecified atom stereocenters. The van der Waals surface area contributed by atoms with E-state index in [9.17, 15) is 9.18 Å². The molecule has 1 aromatic carbocycles. The Kier molecular flexibility index (Phi) is 3.72. The van der Waals surface area contributed by atoms with Crippen molar-refractivity contribution in [3.05, 3.63) is 35.8 Å². The number of fused-ring (bicyclic) bond motifs is 1. The number of carbonyl (C=O) groups excluding carboxylic acids is 1. The number of H-pyrrole nitrogens is 1. The SMILES string of the molecule is O=C(Cc1c[nH]c2cc(F)ccc12)N1CCCCCC1. The van der Waals surface area contributed by atoms with Gasteiger partial charge in [-0.15, -0.1) is 0 Å². The molecule has 2 heterocycles. The van der Waals surface area contributed by atoms with Crippen molar-refractivity contribution in [2.45, 2.75) is 32.1 Å². The summed E-state index contributed by atoms with van der Waals surface area (Å²) in [6, 6.07) is 4.65. The Labute approximate surface area is 117 Å². The second-order valence-corrected chi connectivity index (χ2v) is 5.48. The van der Waals surface area contributed by atoms with Crippen LogP contribution in [0, 0.1) is 5.82 Å². The molecule has 1 aliphatic heterocycles. The molecule has 0 atom stereocenters. The van der Waals surface area contributed by atoms with Gasteiger partial charge in [-0.3, -0.25) is 4.79 Å². The number of aromatic amines is 1. The van der Waals surface area contributed by atoms with Gasteiger partial charge in [0.2, 0.25) is 5.91 Å². The van der Waals surface area contributed by atoms with Gasteiger partial charge in [0.1, 0.15) is 5.82 Å². The molecule has 1 saturated heterocycles. The summed E-state index contributed by atoms with van der Waals surface area (Å²) in [7, 11) is 0. The fourth-order valence-electron chi connectivity index (χ4n) is 2.90. The largest absolute Gasteiger partial charge is 0.361 e. The van der Waals surface area contributed by atoms with Crippen LogP contribution >= 0.6 is 0 Å². The average molecular weight is 274 g/mol. The number of nitrogens with one attached hydrogen (secondary N) is 1. The number of nitrogens with zero attached hydrogens (tertiary/aromatic N) is 1. The molecule has 1 aliphatic rings. The molecule has 1 aromatic heterocycles. The molecule has 0 aliphatic carbocycles. The third-order valence-corrected chi connectivity index (χ3v) is 4.03. The molecular formula is C16H19FN2O. The maximum atomic E-state index is 13.1. The second-order valence-electron chi connectivity index (χ2n) is 5.48. The van der Waals surface area contributed by atoms with Crippen molar-refractivity contribution in [3.8, 4) is 0 Å². The van der Waals surface area contributed by atoms with Gasteiger partial charge in [0.15, 0.2) is 0 Å². The maximum Gasteiger partial charge on any atom is 0.227 e. The van der Waals surface area contributed by atoms with Crippen molar-refractivity contribution in [2.24, 2.45) is 0 Å². The van der Waals surface area contributed by atoms with Crippen molar-refractivity contribution in [3.63, 3.8) is 0 Å². The first-order chi connectivity index (χ1) is 9.74. The first kappa shape index (κ1) is 13.2. The average Bonchev–Trinajstić information content (AvgIpc) is 2.66. The molecule has 0 bridgehead atoms. The van der Waals surface area contributed by atoms with Crippen LogP contribution in [0.1, 0.15) is 31.2 Å². The summed E-state index contributed by atoms with van der Waals surface area (Å²) in [5, 5.41) is 0.939. The molecule has 0 radical (unpaired) electrons. The zero-order valence-corrected chi connectivity index (χ0v) is 11.5. The number of likely N-dealkylation sites (tertiary alicyclic amines) is 1. The highest BCUT2D eigenvalue weighted by atomic mass is 19.1. The van der Waals surface area contributed by atoms with Gasteiger partial charge in [0.05, 0.1) is 6.42 Å². The van der Waals surface area contributed by atoms with Gasteiger partial charge in [-0.1, -0.05) is 12.8 Å². The topological polar surface area (TPSA) is 36.1 Å². The third-order valence-electron chi connectivity index (χ3n) is 4.03. The Hall–Kier alpha value is -1.84. The first-order valence-corrected chi connectivity index (χ1v) is 7.27. The zero-order valence-electron chi connectivity index (χ0n) is 11.5. The Balaban J connectivity index is 1.76. The smallest absolute Gasteiger partial charge is 0.227 e. The monoisotopic (exact) mass is 274 g/mol. The van der Waals surface area contributed by atoms with Crippen molar-refractivity contribution in [2.75, 3.05) is 13.1 Å². The fraction of sp³-hybridized carbons (Fsp3) is 0.438. The van der Waals surface area contributed by atoms with E-state index >= 15 is 0 Å². The number of halogens is 1. The van der Waals surface area contributed by atoms with Gasteiger partial charge in [-0.05, 0) is 36.6 Å². The summed E-state index contributed by atoms with van der Waals surface area (Å²) >= 11 is 0. The lowest BCUT2D eigenvalue weighted by Gasteiger charge is -2.20. The fourth-order valence-corrected chi connectivity index (χ4v) is 2.90. The van der Waals surface area contributed by atoms with Crippen LogP contribution in [0.2, 0.25) is 0 Å².